The van der Waals surface area contributed by atoms with Crippen LogP contribution in [0.3, 0.4) is 0 Å². The number of anilines is 19. The van der Waals surface area contributed by atoms with E-state index in [1.165, 1.54) is 17.7 Å². The number of rotatable bonds is 29. The number of nitrogen functional groups attached to an aromatic ring is 9. The Balaban J connectivity index is 0.000000172. The van der Waals surface area contributed by atoms with Gasteiger partial charge in [-0.05, 0) is 135 Å². The van der Waals surface area contributed by atoms with Crippen LogP contribution in [0.25, 0.3) is 0 Å². The zero-order valence-corrected chi connectivity index (χ0v) is 68.0. The van der Waals surface area contributed by atoms with Crippen LogP contribution in [0.1, 0.15) is 61.6 Å². The maximum atomic E-state index is 9.30. The van der Waals surface area contributed by atoms with Gasteiger partial charge in [0.1, 0.15) is 5.76 Å². The Morgan fingerprint density at radius 3 is 1.30 bits per heavy atom. The van der Waals surface area contributed by atoms with Crippen molar-refractivity contribution in [2.24, 2.45) is 0 Å². The highest BCUT2D eigenvalue weighted by Crippen LogP contribution is 2.33. The summed E-state index contributed by atoms with van der Waals surface area (Å²) < 4.78 is 20.7. The second kappa shape index (κ2) is 49.5. The first-order chi connectivity index (χ1) is 58.9. The lowest BCUT2D eigenvalue weighted by Gasteiger charge is -2.04. The molecule has 0 fully saturated rings. The summed E-state index contributed by atoms with van der Waals surface area (Å²) >= 11 is 5.80. The van der Waals surface area contributed by atoms with Crippen molar-refractivity contribution in [3.8, 4) is 23.0 Å². The van der Waals surface area contributed by atoms with E-state index >= 15 is 0 Å². The first-order valence-corrected chi connectivity index (χ1v) is 37.8. The molecule has 0 bridgehead atoms. The predicted octanol–water partition coefficient (Wildman–Crippen LogP) is 5.58. The highest BCUT2D eigenvalue weighted by molar-refractivity contribution is 6.30. The van der Waals surface area contributed by atoms with Crippen LogP contribution in [0.4, 0.5) is 113 Å². The van der Waals surface area contributed by atoms with Crippen LogP contribution < -0.4 is 109 Å². The summed E-state index contributed by atoms with van der Waals surface area (Å²) in [6.07, 6.45) is 11.4. The van der Waals surface area contributed by atoms with Crippen LogP contribution in [0.15, 0.2) is 137 Å². The number of ether oxygens (including phenoxy) is 2. The van der Waals surface area contributed by atoms with E-state index in [-0.39, 0.29) is 29.3 Å². The van der Waals surface area contributed by atoms with E-state index in [4.69, 9.17) is 86.6 Å². The molecule has 11 aromatic heterocycles. The molecule has 37 N–H and O–H groups in total. The maximum absolute atomic E-state index is 9.30. The third kappa shape index (κ3) is 35.4. The van der Waals surface area contributed by atoms with E-state index in [0.717, 1.165) is 104 Å². The number of furan rings is 2. The molecule has 52 heteroatoms. The third-order valence-electron chi connectivity index (χ3n) is 15.2. The molecule has 12 heterocycles. The van der Waals surface area contributed by atoms with E-state index < -0.39 is 0 Å². The minimum atomic E-state index is -0.122. The smallest absolute Gasteiger partial charge is 0.245 e. The zero-order chi connectivity index (χ0) is 87.2. The molecule has 0 spiro atoms. The number of halogens is 1. The summed E-state index contributed by atoms with van der Waals surface area (Å²) in [4.78, 5) is 36.8. The van der Waals surface area contributed by atoms with E-state index in [9.17, 15) is 5.11 Å². The van der Waals surface area contributed by atoms with Crippen molar-refractivity contribution in [1.82, 2.24) is 137 Å². The number of benzene rings is 4. The van der Waals surface area contributed by atoms with Crippen molar-refractivity contribution in [3.05, 3.63) is 161 Å². The predicted molar refractivity (Wildman–Crippen MR) is 466 cm³/mol. The van der Waals surface area contributed by atoms with Gasteiger partial charge in [-0.3, -0.25) is 0 Å². The van der Waals surface area contributed by atoms with Crippen molar-refractivity contribution >= 4 is 124 Å². The number of nitrogens with two attached hydrogens (primary N) is 9. The molecule has 0 atom stereocenters. The van der Waals surface area contributed by atoms with Crippen LogP contribution >= 0.6 is 11.6 Å². The average Bonchev–Trinajstić information content (AvgIpc) is 1.70. The molecule has 1 aliphatic rings. The Hall–Kier alpha value is -16.4. The molecular weight excluding hydrogens is 1600 g/mol. The maximum Gasteiger partial charge on any atom is 0.245 e. The zero-order valence-electron chi connectivity index (χ0n) is 67.2. The van der Waals surface area contributed by atoms with Crippen molar-refractivity contribution in [2.45, 2.75) is 71.8 Å². The molecule has 15 aromatic rings. The highest BCUT2D eigenvalue weighted by atomic mass is 35.5. The molecule has 0 aliphatic carbocycles. The molecule has 16 rings (SSSR count). The lowest BCUT2D eigenvalue weighted by molar-refractivity contribution is 0.174. The summed E-state index contributed by atoms with van der Waals surface area (Å²) in [6, 6.07) is 34.3. The molecule has 0 saturated carbocycles. The number of aromatic hydroxyl groups is 2. The summed E-state index contributed by atoms with van der Waals surface area (Å²) in [5, 5.41) is 101. The lowest BCUT2D eigenvalue weighted by atomic mass is 10.1. The van der Waals surface area contributed by atoms with Crippen molar-refractivity contribution < 1.29 is 28.5 Å². The fourth-order valence-electron chi connectivity index (χ4n) is 9.49. The Bertz CT molecular complexity index is 5190. The fourth-order valence-corrected chi connectivity index (χ4v) is 9.61. The van der Waals surface area contributed by atoms with Gasteiger partial charge in [0, 0.05) is 76.5 Å². The molecule has 0 saturated heterocycles. The summed E-state index contributed by atoms with van der Waals surface area (Å²) in [7, 11) is 3.70. The fraction of sp³-hybridized carbons (Fsp3) is 0.286. The van der Waals surface area contributed by atoms with Crippen molar-refractivity contribution in [2.75, 3.05) is 159 Å². The first kappa shape index (κ1) is 91.1. The highest BCUT2D eigenvalue weighted by Gasteiger charge is 2.14. The number of aromatic nitrogens is 27. The van der Waals surface area contributed by atoms with E-state index in [2.05, 4.69) is 198 Å². The van der Waals surface area contributed by atoms with Gasteiger partial charge in [-0.25, -0.2) is 45.9 Å². The van der Waals surface area contributed by atoms with Gasteiger partial charge in [0.05, 0.1) is 18.8 Å². The number of phenols is 2. The van der Waals surface area contributed by atoms with E-state index in [0.29, 0.717) is 127 Å². The van der Waals surface area contributed by atoms with Crippen molar-refractivity contribution in [1.29, 1.82) is 0 Å². The average molecular weight is 1710 g/mol. The molecular formula is C70H102ClN45O6. The molecule has 51 nitrogen and oxygen atoms in total. The van der Waals surface area contributed by atoms with Crippen LogP contribution in [0, 0.1) is 0 Å². The Morgan fingerprint density at radius 1 is 0.426 bits per heavy atom. The quantitative estimate of drug-likeness (QED) is 0.0201. The minimum Gasteiger partial charge on any atom is -0.504 e. The Kier molecular flexibility index (Phi) is 37.0. The normalized spacial score (nSPS) is 10.5. The molecule has 0 amide bonds. The van der Waals surface area contributed by atoms with Gasteiger partial charge >= 0.3 is 0 Å². The number of hydrogen-bond acceptors (Lipinski definition) is 42. The van der Waals surface area contributed by atoms with Gasteiger partial charge in [0.2, 0.25) is 114 Å². The third-order valence-corrected chi connectivity index (χ3v) is 15.4. The standard InChI is InChI=1S/C11H14ClN5.C11H13N5O2.C10H13N5O2.C10H13N5.2C8H11N5O.C6H13N5.C4H9N5.C2H5N5/c1-7(2)13-10-15-11(17-16-10)14-9-5-3-8(12)4-6-9;12-10-14-11(16-15-10)13-4-3-7-1-2-8-9(5-7)18-6-17-8;11-9-13-10(15-14-9)12-4-3-6-1-2-7(16)8(17)5-6;11-9-13-10(15-14-9)12-7-6-8-4-2-1-3-5-8;9-7-11-8(13-12-7)10-3-1-6-2-4-14-5-6;9-7-11-8(13-12-7)10-4-3-6-2-1-5-14-6;1-2-3-4-8-6-9-5(7)10-11-6;1-9(2)4-6-3(5)7-8-4;3-1-5-2(4)7-6-1/h3-7H,1-2H3,(H3,13,14,15,16,17);1-2,5H,3-4,6H2,(H4,12,13,14,15,16);1-2,5,16-17H,3-4H2,(H4,11,12,13,14,15);1-5H,6-7H2,(H4,11,12,13,14,15);2,4-5H,1,3H2,(H4,9,10,11,12,13);1-2,5H,3-4H2,(H4,9,10,11,12,13);2-4H2,1H3,(H4,7,8,9,10,11);1-2H3,(H3,5,6,7,8);(H5,3,4,5,6,7). The minimum absolute atomic E-state index is 0.121. The largest absolute Gasteiger partial charge is 0.504 e. The van der Waals surface area contributed by atoms with E-state index in [1.807, 2.05) is 107 Å². The molecule has 0 radical (unpaired) electrons. The summed E-state index contributed by atoms with van der Waals surface area (Å²) in [5.74, 6) is 9.81. The second-order valence-corrected chi connectivity index (χ2v) is 26.0. The number of nitrogens with zero attached hydrogens (tertiary/aromatic N) is 19. The molecule has 0 unspecified atom stereocenters. The van der Waals surface area contributed by atoms with Crippen LogP contribution in [-0.2, 0) is 32.1 Å². The number of hydrogen-bond donors (Lipinski definition) is 28. The van der Waals surface area contributed by atoms with Gasteiger partial charge in [-0.1, -0.05) is 67.4 Å². The van der Waals surface area contributed by atoms with Gasteiger partial charge in [0.25, 0.3) is 0 Å². The topological polar surface area (TPSA) is 793 Å². The van der Waals surface area contributed by atoms with Crippen LogP contribution in [0.2, 0.25) is 5.02 Å². The van der Waals surface area contributed by atoms with Gasteiger partial charge in [0.15, 0.2) is 23.0 Å². The number of unbranched alkanes of at least 4 members (excludes halogenated alkanes) is 1. The summed E-state index contributed by atoms with van der Waals surface area (Å²) in [5.41, 5.74) is 53.0. The number of phenolic OH excluding ortho intramolecular Hbond substituents is 2. The van der Waals surface area contributed by atoms with Crippen LogP contribution in [-0.4, -0.2) is 213 Å². The van der Waals surface area contributed by atoms with Gasteiger partial charge in [-0.2, -0.15) is 44.9 Å². The SMILES string of the molecule is CC(C)Nc1n[nH]c(Nc2ccc(Cl)cc2)n1.CCCCNc1n[nH]c(N)n1.CN(C)c1n[nH]c(N)n1.Nc1n[nH]c(N)n1.Nc1nc(NCCc2ccc(O)c(O)c2)n[nH]1.Nc1nc(NCCc2ccc3c(c2)OCO3)n[nH]1.Nc1nc(NCCc2ccccc2)n[nH]1.Nc1nc(NCCc2ccco2)n[nH]1.Nc1nc(NCCc2ccoc2)n[nH]1. The first-order valence-electron chi connectivity index (χ1n) is 37.4. The number of nitrogens with one attached hydrogen (secondary N) is 17. The molecule has 122 heavy (non-hydrogen) atoms. The number of H-pyrrole nitrogens is 9. The van der Waals surface area contributed by atoms with Crippen LogP contribution in [0.5, 0.6) is 23.0 Å². The monoisotopic (exact) mass is 1700 g/mol. The summed E-state index contributed by atoms with van der Waals surface area (Å²) in [6.45, 7) is 11.0. The van der Waals surface area contributed by atoms with Gasteiger partial charge in [-0.15, -0.1) is 45.9 Å². The van der Waals surface area contributed by atoms with Gasteiger partial charge < -0.3 is 128 Å². The number of aromatic amines is 9. The van der Waals surface area contributed by atoms with Crippen molar-refractivity contribution in [3.63, 3.8) is 0 Å². The van der Waals surface area contributed by atoms with E-state index in [1.54, 1.807) is 29.8 Å². The number of fused-ring (bicyclic) bond motifs is 1. The Labute approximate surface area is 701 Å². The molecule has 4 aromatic carbocycles. The lowest BCUT2D eigenvalue weighted by Crippen LogP contribution is -2.10. The second-order valence-electron chi connectivity index (χ2n) is 25.6. The Morgan fingerprint density at radius 2 is 0.885 bits per heavy atom. The molecule has 1 aliphatic heterocycles. The molecule has 650 valence electrons.